The van der Waals surface area contributed by atoms with E-state index in [2.05, 4.69) is 18.2 Å². The summed E-state index contributed by atoms with van der Waals surface area (Å²) in [5, 5.41) is 0.778. The molecule has 0 radical (unpaired) electrons. The van der Waals surface area contributed by atoms with Crippen molar-refractivity contribution in [3.05, 3.63) is 58.1 Å². The third-order valence-electron chi connectivity index (χ3n) is 3.51. The fourth-order valence-electron chi connectivity index (χ4n) is 2.51. The summed E-state index contributed by atoms with van der Waals surface area (Å²) in [5.41, 5.74) is 11.0. The molecule has 0 unspecified atom stereocenters. The normalized spacial score (nSPS) is 13.5. The van der Waals surface area contributed by atoms with E-state index in [0.717, 1.165) is 21.4 Å². The highest BCUT2D eigenvalue weighted by molar-refractivity contribution is 7.98. The van der Waals surface area contributed by atoms with E-state index in [1.807, 2.05) is 18.2 Å². The predicted octanol–water partition coefficient (Wildman–Crippen LogP) is 4.70. The first-order valence-corrected chi connectivity index (χ1v) is 7.87. The van der Waals surface area contributed by atoms with Gasteiger partial charge in [0.05, 0.1) is 5.02 Å². The number of hydrogen-bond acceptors (Lipinski definition) is 2. The Hall–Kier alpha value is -1.12. The predicted molar refractivity (Wildman–Crippen MR) is 83.9 cm³/mol. The maximum absolute atomic E-state index is 6.18. The van der Waals surface area contributed by atoms with Crippen molar-refractivity contribution in [2.45, 2.75) is 29.9 Å². The molecule has 3 heteroatoms. The highest BCUT2D eigenvalue weighted by atomic mass is 35.5. The number of hydrogen-bond donors (Lipinski definition) is 1. The molecular weight excluding hydrogens is 274 g/mol. The smallest absolute Gasteiger partial charge is 0.0543 e. The van der Waals surface area contributed by atoms with Crippen molar-refractivity contribution in [1.82, 2.24) is 0 Å². The molecule has 1 aliphatic rings. The number of rotatable bonds is 3. The second-order valence-electron chi connectivity index (χ2n) is 4.94. The van der Waals surface area contributed by atoms with E-state index in [-0.39, 0.29) is 0 Å². The van der Waals surface area contributed by atoms with Crippen molar-refractivity contribution >= 4 is 29.1 Å². The lowest BCUT2D eigenvalue weighted by atomic mass is 10.1. The number of anilines is 1. The first-order chi connectivity index (χ1) is 9.22. The molecule has 0 fully saturated rings. The fourth-order valence-corrected chi connectivity index (χ4v) is 3.71. The number of nitrogen functional groups attached to an aromatic ring is 1. The number of aryl methyl sites for hydroxylation is 2. The van der Waals surface area contributed by atoms with Crippen molar-refractivity contribution in [2.75, 3.05) is 5.73 Å². The quantitative estimate of drug-likeness (QED) is 0.654. The average molecular weight is 290 g/mol. The second kappa shape index (κ2) is 5.48. The molecule has 0 spiro atoms. The Kier molecular flexibility index (Phi) is 3.72. The van der Waals surface area contributed by atoms with Crippen LogP contribution in [0, 0.1) is 0 Å². The van der Waals surface area contributed by atoms with E-state index in [4.69, 9.17) is 17.3 Å². The van der Waals surface area contributed by atoms with Crippen LogP contribution in [0.1, 0.15) is 23.1 Å². The maximum atomic E-state index is 6.18. The van der Waals surface area contributed by atoms with Crippen LogP contribution < -0.4 is 5.73 Å². The molecule has 2 aromatic carbocycles. The van der Waals surface area contributed by atoms with Crippen LogP contribution in [0.5, 0.6) is 0 Å². The van der Waals surface area contributed by atoms with Gasteiger partial charge in [-0.25, -0.2) is 0 Å². The van der Waals surface area contributed by atoms with Gasteiger partial charge in [0.15, 0.2) is 0 Å². The minimum absolute atomic E-state index is 0.765. The van der Waals surface area contributed by atoms with Crippen molar-refractivity contribution in [3.8, 4) is 0 Å². The monoisotopic (exact) mass is 289 g/mol. The Morgan fingerprint density at radius 2 is 1.89 bits per heavy atom. The van der Waals surface area contributed by atoms with Crippen LogP contribution in [0.25, 0.3) is 0 Å². The van der Waals surface area contributed by atoms with Crippen LogP contribution in [-0.4, -0.2) is 0 Å². The zero-order valence-electron chi connectivity index (χ0n) is 10.7. The van der Waals surface area contributed by atoms with Gasteiger partial charge in [0, 0.05) is 16.3 Å². The Morgan fingerprint density at radius 3 is 2.79 bits per heavy atom. The van der Waals surface area contributed by atoms with Crippen molar-refractivity contribution < 1.29 is 0 Å². The van der Waals surface area contributed by atoms with E-state index in [0.29, 0.717) is 0 Å². The molecule has 1 nitrogen and oxygen atoms in total. The summed E-state index contributed by atoms with van der Waals surface area (Å²) in [4.78, 5) is 1.06. The topological polar surface area (TPSA) is 26.0 Å². The summed E-state index contributed by atoms with van der Waals surface area (Å²) < 4.78 is 0. The second-order valence-corrected chi connectivity index (χ2v) is 6.36. The van der Waals surface area contributed by atoms with Crippen LogP contribution in [0.3, 0.4) is 0 Å². The summed E-state index contributed by atoms with van der Waals surface area (Å²) in [5.74, 6) is 0.941. The third kappa shape index (κ3) is 2.90. The maximum Gasteiger partial charge on any atom is 0.0543 e. The zero-order valence-corrected chi connectivity index (χ0v) is 12.2. The molecule has 0 amide bonds. The van der Waals surface area contributed by atoms with Gasteiger partial charge in [-0.2, -0.15) is 0 Å². The van der Waals surface area contributed by atoms with Gasteiger partial charge in [-0.1, -0.05) is 29.8 Å². The minimum atomic E-state index is 0.765. The van der Waals surface area contributed by atoms with Crippen molar-refractivity contribution in [3.63, 3.8) is 0 Å². The van der Waals surface area contributed by atoms with Gasteiger partial charge >= 0.3 is 0 Å². The van der Waals surface area contributed by atoms with E-state index in [9.17, 15) is 0 Å². The number of nitrogens with two attached hydrogens (primary N) is 1. The van der Waals surface area contributed by atoms with Gasteiger partial charge < -0.3 is 5.73 Å². The van der Waals surface area contributed by atoms with Gasteiger partial charge in [-0.15, -0.1) is 11.8 Å². The summed E-state index contributed by atoms with van der Waals surface area (Å²) in [6.07, 6.45) is 3.77. The molecule has 3 rings (SSSR count). The number of benzene rings is 2. The Bertz CT molecular complexity index is 610. The fraction of sp³-hybridized carbons (Fsp3) is 0.250. The summed E-state index contributed by atoms with van der Waals surface area (Å²) in [7, 11) is 0. The number of fused-ring (bicyclic) bond motifs is 1. The lowest BCUT2D eigenvalue weighted by molar-refractivity contribution is 0.911. The summed E-state index contributed by atoms with van der Waals surface area (Å²) >= 11 is 7.93. The molecule has 0 aliphatic heterocycles. The lowest BCUT2D eigenvalue weighted by Crippen LogP contribution is -1.88. The van der Waals surface area contributed by atoms with Gasteiger partial charge in [0.25, 0.3) is 0 Å². The molecular formula is C16H16ClNS. The van der Waals surface area contributed by atoms with Gasteiger partial charge in [-0.3, -0.25) is 0 Å². The summed E-state index contributed by atoms with van der Waals surface area (Å²) in [6, 6.07) is 12.5. The highest BCUT2D eigenvalue weighted by Crippen LogP contribution is 2.32. The molecule has 0 bridgehead atoms. The molecule has 0 heterocycles. The zero-order chi connectivity index (χ0) is 13.2. The minimum Gasteiger partial charge on any atom is -0.399 e. The standard InChI is InChI=1S/C16H16ClNS/c17-15-7-6-14(18)9-16(15)19-10-11-4-5-12-2-1-3-13(12)8-11/h4-9H,1-3,10,18H2. The average Bonchev–Trinajstić information content (AvgIpc) is 2.87. The Morgan fingerprint density at radius 1 is 1.05 bits per heavy atom. The molecule has 19 heavy (non-hydrogen) atoms. The highest BCUT2D eigenvalue weighted by Gasteiger charge is 2.11. The van der Waals surface area contributed by atoms with E-state index < -0.39 is 0 Å². The largest absolute Gasteiger partial charge is 0.399 e. The molecule has 0 saturated carbocycles. The van der Waals surface area contributed by atoms with E-state index in [1.165, 1.54) is 36.0 Å². The number of thioether (sulfide) groups is 1. The van der Waals surface area contributed by atoms with E-state index in [1.54, 1.807) is 11.8 Å². The molecule has 0 saturated heterocycles. The van der Waals surface area contributed by atoms with Crippen LogP contribution in [0.2, 0.25) is 5.02 Å². The first-order valence-electron chi connectivity index (χ1n) is 6.51. The Labute approximate surface area is 123 Å². The molecule has 98 valence electrons. The molecule has 2 N–H and O–H groups in total. The van der Waals surface area contributed by atoms with Crippen LogP contribution in [-0.2, 0) is 18.6 Å². The van der Waals surface area contributed by atoms with Crippen LogP contribution in [0.4, 0.5) is 5.69 Å². The summed E-state index contributed by atoms with van der Waals surface area (Å²) in [6.45, 7) is 0. The molecule has 1 aliphatic carbocycles. The van der Waals surface area contributed by atoms with Crippen LogP contribution >= 0.6 is 23.4 Å². The van der Waals surface area contributed by atoms with Crippen molar-refractivity contribution in [1.29, 1.82) is 0 Å². The Balaban J connectivity index is 1.74. The SMILES string of the molecule is Nc1ccc(Cl)c(SCc2ccc3c(c2)CCC3)c1. The number of halogens is 1. The van der Waals surface area contributed by atoms with Crippen LogP contribution in [0.15, 0.2) is 41.3 Å². The first kappa shape index (κ1) is 12.9. The molecule has 0 aromatic heterocycles. The van der Waals surface area contributed by atoms with E-state index >= 15 is 0 Å². The molecule has 2 aromatic rings. The van der Waals surface area contributed by atoms with Gasteiger partial charge in [0.2, 0.25) is 0 Å². The molecule has 0 atom stereocenters. The third-order valence-corrected chi connectivity index (χ3v) is 5.08. The van der Waals surface area contributed by atoms with Crippen molar-refractivity contribution in [2.24, 2.45) is 0 Å². The van der Waals surface area contributed by atoms with Gasteiger partial charge in [-0.05, 0) is 54.2 Å². The van der Waals surface area contributed by atoms with Gasteiger partial charge in [0.1, 0.15) is 0 Å². The lowest BCUT2D eigenvalue weighted by Gasteiger charge is -2.07.